The van der Waals surface area contributed by atoms with Gasteiger partial charge in [0, 0.05) is 22.9 Å². The molecule has 0 saturated carbocycles. The fourth-order valence-corrected chi connectivity index (χ4v) is 7.45. The lowest BCUT2D eigenvalue weighted by Gasteiger charge is -2.32. The molecule has 1 atom stereocenters. The highest BCUT2D eigenvalue weighted by atomic mass is 32.2. The number of hydrogen-bond donors (Lipinski definition) is 0. The number of aromatic nitrogens is 2. The Morgan fingerprint density at radius 3 is 2.28 bits per heavy atom. The molecule has 47 heavy (non-hydrogen) atoms. The molecule has 4 aromatic rings. The van der Waals surface area contributed by atoms with Gasteiger partial charge in [0.1, 0.15) is 29.7 Å². The Kier molecular flexibility index (Phi) is 8.61. The summed E-state index contributed by atoms with van der Waals surface area (Å²) in [5.41, 5.74) is 2.98. The van der Waals surface area contributed by atoms with Crippen molar-refractivity contribution in [3.8, 4) is 34.5 Å². The van der Waals surface area contributed by atoms with Crippen molar-refractivity contribution in [1.82, 2.24) is 14.7 Å². The molecular formula is C36H30N4O6S. The summed E-state index contributed by atoms with van der Waals surface area (Å²) in [6.07, 6.45) is 5.14. The van der Waals surface area contributed by atoms with Crippen LogP contribution in [0, 0.1) is 11.3 Å². The van der Waals surface area contributed by atoms with E-state index in [1.165, 1.54) is 7.11 Å². The van der Waals surface area contributed by atoms with Crippen molar-refractivity contribution in [2.24, 2.45) is 0 Å². The van der Waals surface area contributed by atoms with Crippen molar-refractivity contribution in [2.75, 3.05) is 25.2 Å². The molecule has 0 N–H and O–H groups in total. The van der Waals surface area contributed by atoms with E-state index < -0.39 is 27.7 Å². The Hall–Kier alpha value is -5.73. The summed E-state index contributed by atoms with van der Waals surface area (Å²) in [6.45, 7) is 4.03. The summed E-state index contributed by atoms with van der Waals surface area (Å²) >= 11 is 0. The second-order valence-corrected chi connectivity index (χ2v) is 13.3. The maximum Gasteiger partial charge on any atom is 0.272 e. The minimum absolute atomic E-state index is 0.0652. The SMILES string of the molecule is C=CCOc1ccc(-c2nn(-c3ccccc3)cc2/C=C2\C(=O)N(C3CCS(=O)(=O)C3)C(=O)C(C#N)=C2c2ccc(OC)cc2)cc1. The molecule has 0 bridgehead atoms. The van der Waals surface area contributed by atoms with Crippen LogP contribution in [0.5, 0.6) is 11.5 Å². The van der Waals surface area contributed by atoms with Crippen LogP contribution in [0.4, 0.5) is 0 Å². The van der Waals surface area contributed by atoms with Gasteiger partial charge in [0.25, 0.3) is 11.8 Å². The predicted octanol–water partition coefficient (Wildman–Crippen LogP) is 5.03. The Labute approximate surface area is 272 Å². The van der Waals surface area contributed by atoms with Gasteiger partial charge in [-0.3, -0.25) is 14.5 Å². The van der Waals surface area contributed by atoms with Gasteiger partial charge in [-0.15, -0.1) is 0 Å². The molecule has 0 radical (unpaired) electrons. The first-order chi connectivity index (χ1) is 22.7. The summed E-state index contributed by atoms with van der Waals surface area (Å²) in [5, 5.41) is 15.2. The number of nitriles is 1. The minimum Gasteiger partial charge on any atom is -0.497 e. The molecule has 1 unspecified atom stereocenters. The lowest BCUT2D eigenvalue weighted by Crippen LogP contribution is -2.49. The Morgan fingerprint density at radius 2 is 1.66 bits per heavy atom. The zero-order chi connectivity index (χ0) is 33.1. The van der Waals surface area contributed by atoms with E-state index in [1.54, 1.807) is 59.4 Å². The highest BCUT2D eigenvalue weighted by Gasteiger charge is 2.45. The van der Waals surface area contributed by atoms with Crippen molar-refractivity contribution < 1.29 is 27.5 Å². The Balaban J connectivity index is 1.56. The fraction of sp³-hybridized carbons (Fsp3) is 0.167. The summed E-state index contributed by atoms with van der Waals surface area (Å²) in [7, 11) is -1.93. The molecular weight excluding hydrogens is 616 g/mol. The zero-order valence-electron chi connectivity index (χ0n) is 25.5. The third kappa shape index (κ3) is 6.23. The monoisotopic (exact) mass is 646 g/mol. The first-order valence-corrected chi connectivity index (χ1v) is 16.6. The molecule has 0 spiro atoms. The first-order valence-electron chi connectivity index (χ1n) is 14.8. The smallest absolute Gasteiger partial charge is 0.272 e. The summed E-state index contributed by atoms with van der Waals surface area (Å²) in [4.78, 5) is 29.1. The van der Waals surface area contributed by atoms with Crippen molar-refractivity contribution in [3.63, 3.8) is 0 Å². The molecule has 1 fully saturated rings. The van der Waals surface area contributed by atoms with Gasteiger partial charge in [-0.1, -0.05) is 43.0 Å². The number of hydrogen-bond acceptors (Lipinski definition) is 8. The molecule has 10 nitrogen and oxygen atoms in total. The van der Waals surface area contributed by atoms with E-state index in [9.17, 15) is 23.3 Å². The van der Waals surface area contributed by atoms with Crippen molar-refractivity contribution in [1.29, 1.82) is 5.26 Å². The number of imide groups is 1. The van der Waals surface area contributed by atoms with Gasteiger partial charge in [0.15, 0.2) is 9.84 Å². The summed E-state index contributed by atoms with van der Waals surface area (Å²) in [5.74, 6) is -0.817. The molecule has 2 amide bonds. The number of carbonyl (C=O) groups excluding carboxylic acids is 2. The van der Waals surface area contributed by atoms with Crippen LogP contribution in [0.3, 0.4) is 0 Å². The number of para-hydroxylation sites is 1. The molecule has 2 aliphatic rings. The number of ether oxygens (including phenoxy) is 2. The van der Waals surface area contributed by atoms with Gasteiger partial charge >= 0.3 is 0 Å². The molecule has 0 aliphatic carbocycles. The van der Waals surface area contributed by atoms with Crippen LogP contribution in [0.25, 0.3) is 28.6 Å². The Bertz CT molecular complexity index is 2070. The molecule has 236 valence electrons. The Morgan fingerprint density at radius 1 is 0.979 bits per heavy atom. The summed E-state index contributed by atoms with van der Waals surface area (Å²) < 4.78 is 37.5. The summed E-state index contributed by atoms with van der Waals surface area (Å²) in [6, 6.07) is 24.6. The molecule has 3 heterocycles. The number of nitrogens with zero attached hydrogens (tertiary/aromatic N) is 4. The van der Waals surface area contributed by atoms with Crippen LogP contribution >= 0.6 is 0 Å². The van der Waals surface area contributed by atoms with Gasteiger partial charge in [0.2, 0.25) is 0 Å². The van der Waals surface area contributed by atoms with E-state index in [1.807, 2.05) is 48.5 Å². The van der Waals surface area contributed by atoms with Gasteiger partial charge in [-0.25, -0.2) is 13.1 Å². The van der Waals surface area contributed by atoms with Crippen molar-refractivity contribution >= 4 is 33.3 Å². The normalized spacial score (nSPS) is 18.3. The largest absolute Gasteiger partial charge is 0.497 e. The van der Waals surface area contributed by atoms with Crippen molar-refractivity contribution in [3.05, 3.63) is 120 Å². The van der Waals surface area contributed by atoms with Gasteiger partial charge in [0.05, 0.1) is 41.6 Å². The topological polar surface area (TPSA) is 132 Å². The number of carbonyl (C=O) groups is 2. The number of amides is 2. The lowest BCUT2D eigenvalue weighted by atomic mass is 9.86. The van der Waals surface area contributed by atoms with E-state index in [-0.39, 0.29) is 34.6 Å². The number of rotatable bonds is 9. The fourth-order valence-electron chi connectivity index (χ4n) is 5.75. The molecule has 1 saturated heterocycles. The van der Waals surface area contributed by atoms with Gasteiger partial charge in [-0.05, 0) is 66.6 Å². The van der Waals surface area contributed by atoms with Crippen LogP contribution in [0.1, 0.15) is 17.5 Å². The van der Waals surface area contributed by atoms with Crippen LogP contribution in [-0.2, 0) is 19.4 Å². The molecule has 1 aromatic heterocycles. The number of benzene rings is 3. The quantitative estimate of drug-likeness (QED) is 0.141. The van der Waals surface area contributed by atoms with Crippen LogP contribution < -0.4 is 9.47 Å². The highest BCUT2D eigenvalue weighted by molar-refractivity contribution is 7.91. The second-order valence-electron chi connectivity index (χ2n) is 11.0. The standard InChI is InChI=1S/C36H30N4O6S/c1-3-18-46-30-15-11-25(12-16-30)34-26(22-39(38-34)27-7-5-4-6-8-27)20-31-33(24-9-13-29(45-2)14-10-24)32(21-37)36(42)40(35(31)41)28-17-19-47(43,44)23-28/h3-16,20,22,28H,1,17-19,23H2,2H3/b31-20-. The zero-order valence-corrected chi connectivity index (χ0v) is 26.3. The van der Waals surface area contributed by atoms with Crippen LogP contribution in [0.15, 0.2) is 109 Å². The van der Waals surface area contributed by atoms with Crippen molar-refractivity contribution in [2.45, 2.75) is 12.5 Å². The third-order valence-corrected chi connectivity index (χ3v) is 9.77. The molecule has 3 aromatic carbocycles. The number of methoxy groups -OCH3 is 1. The van der Waals surface area contributed by atoms with E-state index in [0.717, 1.165) is 16.2 Å². The van der Waals surface area contributed by atoms with Gasteiger partial charge in [-0.2, -0.15) is 10.4 Å². The van der Waals surface area contributed by atoms with E-state index in [4.69, 9.17) is 14.6 Å². The maximum absolute atomic E-state index is 14.4. The van der Waals surface area contributed by atoms with E-state index in [0.29, 0.717) is 34.9 Å². The van der Waals surface area contributed by atoms with Gasteiger partial charge < -0.3 is 9.47 Å². The third-order valence-electron chi connectivity index (χ3n) is 8.02. The highest BCUT2D eigenvalue weighted by Crippen LogP contribution is 2.39. The van der Waals surface area contributed by atoms with E-state index in [2.05, 4.69) is 6.58 Å². The maximum atomic E-state index is 14.4. The number of sulfone groups is 1. The molecule has 2 aliphatic heterocycles. The van der Waals surface area contributed by atoms with Crippen LogP contribution in [-0.4, -0.2) is 66.2 Å². The van der Waals surface area contributed by atoms with E-state index >= 15 is 0 Å². The second kappa shape index (κ2) is 12.9. The minimum atomic E-state index is -3.45. The van der Waals surface area contributed by atoms with Crippen LogP contribution in [0.2, 0.25) is 0 Å². The predicted molar refractivity (Wildman–Crippen MR) is 177 cm³/mol. The average Bonchev–Trinajstić information content (AvgIpc) is 3.68. The molecule has 6 rings (SSSR count). The molecule has 11 heteroatoms. The first kappa shape index (κ1) is 31.3. The lowest BCUT2D eigenvalue weighted by molar-refractivity contribution is -0.142. The average molecular weight is 647 g/mol.